The number of nitrogens with two attached hydrogens (primary N) is 1. The van der Waals surface area contributed by atoms with Crippen molar-refractivity contribution in [1.29, 1.82) is 0 Å². The Morgan fingerprint density at radius 3 is 2.72 bits per heavy atom. The van der Waals surface area contributed by atoms with Crippen LogP contribution in [0.15, 0.2) is 17.5 Å². The van der Waals surface area contributed by atoms with Gasteiger partial charge in [0.1, 0.15) is 0 Å². The molecule has 6 heteroatoms. The van der Waals surface area contributed by atoms with Crippen LogP contribution in [-0.2, 0) is 4.79 Å². The first-order valence-corrected chi connectivity index (χ1v) is 6.88. The lowest BCUT2D eigenvalue weighted by Crippen LogP contribution is -2.46. The Morgan fingerprint density at radius 1 is 1.44 bits per heavy atom. The van der Waals surface area contributed by atoms with Crippen LogP contribution in [0.2, 0.25) is 0 Å². The molecule has 2 heterocycles. The van der Waals surface area contributed by atoms with E-state index in [-0.39, 0.29) is 17.9 Å². The molecule has 18 heavy (non-hydrogen) atoms. The van der Waals surface area contributed by atoms with E-state index in [1.165, 1.54) is 11.3 Å². The predicted molar refractivity (Wildman–Crippen MR) is 70.4 cm³/mol. The molecule has 2 rings (SSSR count). The molecule has 0 radical (unpaired) electrons. The Hall–Kier alpha value is -1.40. The van der Waals surface area contributed by atoms with E-state index in [2.05, 4.69) is 5.32 Å². The van der Waals surface area contributed by atoms with Crippen molar-refractivity contribution in [2.45, 2.75) is 18.9 Å². The Bertz CT molecular complexity index is 411. The molecule has 5 nitrogen and oxygen atoms in total. The Morgan fingerprint density at radius 2 is 2.17 bits per heavy atom. The van der Waals surface area contributed by atoms with Crippen LogP contribution >= 0.6 is 11.3 Å². The summed E-state index contributed by atoms with van der Waals surface area (Å²) >= 11 is 1.44. The number of hydrogen-bond donors (Lipinski definition) is 2. The van der Waals surface area contributed by atoms with Crippen molar-refractivity contribution in [3.05, 3.63) is 22.4 Å². The molecule has 0 unspecified atom stereocenters. The second kappa shape index (κ2) is 5.97. The molecule has 1 saturated heterocycles. The largest absolute Gasteiger partial charge is 0.369 e. The fraction of sp³-hybridized carbons (Fsp3) is 0.500. The SMILES string of the molecule is NC(=O)CN1CCC(NC(=O)c2cccs2)CC1. The van der Waals surface area contributed by atoms with Gasteiger partial charge < -0.3 is 11.1 Å². The van der Waals surface area contributed by atoms with Gasteiger partial charge in [0.05, 0.1) is 11.4 Å². The molecule has 0 spiro atoms. The zero-order valence-corrected chi connectivity index (χ0v) is 10.9. The van der Waals surface area contributed by atoms with Gasteiger partial charge in [-0.25, -0.2) is 0 Å². The molecule has 0 saturated carbocycles. The molecular weight excluding hydrogens is 250 g/mol. The van der Waals surface area contributed by atoms with Crippen LogP contribution in [0.25, 0.3) is 0 Å². The fourth-order valence-corrected chi connectivity index (χ4v) is 2.75. The van der Waals surface area contributed by atoms with Crippen LogP contribution < -0.4 is 11.1 Å². The zero-order valence-electron chi connectivity index (χ0n) is 10.1. The lowest BCUT2D eigenvalue weighted by Gasteiger charge is -2.31. The summed E-state index contributed by atoms with van der Waals surface area (Å²) in [7, 11) is 0. The topological polar surface area (TPSA) is 75.4 Å². The molecule has 0 atom stereocenters. The smallest absolute Gasteiger partial charge is 0.261 e. The van der Waals surface area contributed by atoms with Crippen molar-refractivity contribution >= 4 is 23.2 Å². The van der Waals surface area contributed by atoms with E-state index in [0.717, 1.165) is 30.8 Å². The molecule has 1 aromatic heterocycles. The number of piperidine rings is 1. The average molecular weight is 267 g/mol. The summed E-state index contributed by atoms with van der Waals surface area (Å²) < 4.78 is 0. The van der Waals surface area contributed by atoms with Crippen molar-refractivity contribution in [1.82, 2.24) is 10.2 Å². The molecule has 0 aliphatic carbocycles. The molecule has 1 aliphatic rings. The molecular formula is C12H17N3O2S. The van der Waals surface area contributed by atoms with Gasteiger partial charge in [0.15, 0.2) is 0 Å². The van der Waals surface area contributed by atoms with Gasteiger partial charge >= 0.3 is 0 Å². The maximum absolute atomic E-state index is 11.8. The lowest BCUT2D eigenvalue weighted by atomic mass is 10.0. The minimum Gasteiger partial charge on any atom is -0.369 e. The van der Waals surface area contributed by atoms with Crippen LogP contribution in [0.3, 0.4) is 0 Å². The van der Waals surface area contributed by atoms with E-state index >= 15 is 0 Å². The van der Waals surface area contributed by atoms with Crippen LogP contribution in [0.1, 0.15) is 22.5 Å². The van der Waals surface area contributed by atoms with E-state index in [1.807, 2.05) is 22.4 Å². The second-order valence-corrected chi connectivity index (χ2v) is 5.42. The van der Waals surface area contributed by atoms with E-state index in [9.17, 15) is 9.59 Å². The molecule has 2 amide bonds. The highest BCUT2D eigenvalue weighted by Gasteiger charge is 2.21. The summed E-state index contributed by atoms with van der Waals surface area (Å²) in [6.07, 6.45) is 1.73. The molecule has 3 N–H and O–H groups in total. The molecule has 1 fully saturated rings. The van der Waals surface area contributed by atoms with Gasteiger partial charge in [-0.1, -0.05) is 6.07 Å². The van der Waals surface area contributed by atoms with Gasteiger partial charge in [-0.15, -0.1) is 11.3 Å². The first kappa shape index (κ1) is 13.0. The summed E-state index contributed by atoms with van der Waals surface area (Å²) in [5.41, 5.74) is 5.15. The van der Waals surface area contributed by atoms with E-state index in [0.29, 0.717) is 6.54 Å². The van der Waals surface area contributed by atoms with Crippen molar-refractivity contribution in [3.8, 4) is 0 Å². The van der Waals surface area contributed by atoms with Gasteiger partial charge in [-0.3, -0.25) is 14.5 Å². The highest BCUT2D eigenvalue weighted by atomic mass is 32.1. The van der Waals surface area contributed by atoms with E-state index in [1.54, 1.807) is 0 Å². The second-order valence-electron chi connectivity index (χ2n) is 4.47. The van der Waals surface area contributed by atoms with Crippen LogP contribution in [0, 0.1) is 0 Å². The van der Waals surface area contributed by atoms with E-state index < -0.39 is 0 Å². The first-order chi connectivity index (χ1) is 8.65. The Balaban J connectivity index is 1.77. The van der Waals surface area contributed by atoms with E-state index in [4.69, 9.17) is 5.73 Å². The number of nitrogens with one attached hydrogen (secondary N) is 1. The quantitative estimate of drug-likeness (QED) is 0.830. The molecule has 0 bridgehead atoms. The third kappa shape index (κ3) is 3.54. The number of hydrogen-bond acceptors (Lipinski definition) is 4. The highest BCUT2D eigenvalue weighted by Crippen LogP contribution is 2.13. The third-order valence-corrected chi connectivity index (χ3v) is 3.92. The first-order valence-electron chi connectivity index (χ1n) is 6.00. The predicted octanol–water partition coefficient (Wildman–Crippen LogP) is 0.428. The summed E-state index contributed by atoms with van der Waals surface area (Å²) in [6, 6.07) is 3.89. The maximum Gasteiger partial charge on any atom is 0.261 e. The molecule has 0 aromatic carbocycles. The Labute approximate surface area is 110 Å². The molecule has 1 aromatic rings. The summed E-state index contributed by atoms with van der Waals surface area (Å²) in [5.74, 6) is -0.297. The number of thiophene rings is 1. The van der Waals surface area contributed by atoms with Gasteiger partial charge in [0.2, 0.25) is 5.91 Å². The van der Waals surface area contributed by atoms with Crippen LogP contribution in [0.5, 0.6) is 0 Å². The van der Waals surface area contributed by atoms with Crippen molar-refractivity contribution in [2.75, 3.05) is 19.6 Å². The van der Waals surface area contributed by atoms with Gasteiger partial charge in [-0.2, -0.15) is 0 Å². The number of carbonyl (C=O) groups is 2. The van der Waals surface area contributed by atoms with Gasteiger partial charge in [-0.05, 0) is 24.3 Å². The monoisotopic (exact) mass is 267 g/mol. The van der Waals surface area contributed by atoms with Crippen molar-refractivity contribution < 1.29 is 9.59 Å². The minimum atomic E-state index is -0.295. The summed E-state index contributed by atoms with van der Waals surface area (Å²) in [4.78, 5) is 25.4. The highest BCUT2D eigenvalue weighted by molar-refractivity contribution is 7.12. The fourth-order valence-electron chi connectivity index (χ4n) is 2.12. The molecule has 1 aliphatic heterocycles. The summed E-state index contributed by atoms with van der Waals surface area (Å²) in [5, 5.41) is 4.92. The van der Waals surface area contributed by atoms with Crippen LogP contribution in [0.4, 0.5) is 0 Å². The number of amides is 2. The number of primary amides is 1. The average Bonchev–Trinajstić information content (AvgIpc) is 2.84. The number of likely N-dealkylation sites (tertiary alicyclic amines) is 1. The van der Waals surface area contributed by atoms with Crippen molar-refractivity contribution in [3.63, 3.8) is 0 Å². The maximum atomic E-state index is 11.8. The van der Waals surface area contributed by atoms with Crippen LogP contribution in [-0.4, -0.2) is 42.4 Å². The molecule has 98 valence electrons. The summed E-state index contributed by atoms with van der Waals surface area (Å²) in [6.45, 7) is 1.92. The van der Waals surface area contributed by atoms with Gasteiger partial charge in [0, 0.05) is 19.1 Å². The number of rotatable bonds is 4. The van der Waals surface area contributed by atoms with Crippen molar-refractivity contribution in [2.24, 2.45) is 5.73 Å². The Kier molecular flexibility index (Phi) is 4.33. The zero-order chi connectivity index (χ0) is 13.0. The normalized spacial score (nSPS) is 17.6. The minimum absolute atomic E-state index is 0.00153. The number of nitrogens with zero attached hydrogens (tertiary/aromatic N) is 1. The standard InChI is InChI=1S/C12H17N3O2S/c13-11(16)8-15-5-3-9(4-6-15)14-12(17)10-2-1-7-18-10/h1-2,7,9H,3-6,8H2,(H2,13,16)(H,14,17). The number of carbonyl (C=O) groups excluding carboxylic acids is 2. The lowest BCUT2D eigenvalue weighted by molar-refractivity contribution is -0.119. The third-order valence-electron chi connectivity index (χ3n) is 3.05. The van der Waals surface area contributed by atoms with Gasteiger partial charge in [0.25, 0.3) is 5.91 Å².